The first-order valence-electron chi connectivity index (χ1n) is 9.26. The number of benzene rings is 2. The molecule has 0 aromatic heterocycles. The number of rotatable bonds is 7. The third kappa shape index (κ3) is 4.37. The molecule has 2 aromatic rings. The van der Waals surface area contributed by atoms with Crippen LogP contribution in [0.25, 0.3) is 0 Å². The molecule has 1 aliphatic heterocycles. The van der Waals surface area contributed by atoms with Crippen LogP contribution >= 0.6 is 0 Å². The fraction of sp³-hybridized carbons (Fsp3) is 0.409. The second-order valence-corrected chi connectivity index (χ2v) is 7.20. The molecule has 144 valence electrons. The smallest absolute Gasteiger partial charge is 0.143 e. The molecule has 0 unspecified atom stereocenters. The minimum Gasteiger partial charge on any atom is -0.375 e. The zero-order chi connectivity index (χ0) is 19.4. The van der Waals surface area contributed by atoms with Crippen molar-refractivity contribution < 1.29 is 13.9 Å². The maximum atomic E-state index is 14.9. The monoisotopic (exact) mass is 370 g/mol. The lowest BCUT2D eigenvalue weighted by molar-refractivity contribution is -0.224. The molecule has 0 spiro atoms. The van der Waals surface area contributed by atoms with Crippen molar-refractivity contribution in [1.82, 2.24) is 4.90 Å². The van der Waals surface area contributed by atoms with Crippen LogP contribution in [0.2, 0.25) is 0 Å². The van der Waals surface area contributed by atoms with Crippen molar-refractivity contribution in [2.24, 2.45) is 4.99 Å². The van der Waals surface area contributed by atoms with Gasteiger partial charge in [-0.25, -0.2) is 9.38 Å². The average Bonchev–Trinajstić information content (AvgIpc) is 2.63. The van der Waals surface area contributed by atoms with E-state index in [0.717, 1.165) is 17.7 Å². The van der Waals surface area contributed by atoms with Gasteiger partial charge in [0.2, 0.25) is 0 Å². The number of ether oxygens (including phenoxy) is 2. The van der Waals surface area contributed by atoms with Crippen LogP contribution in [-0.2, 0) is 21.7 Å². The molecule has 2 aromatic carbocycles. The Morgan fingerprint density at radius 3 is 2.52 bits per heavy atom. The molecule has 0 bridgehead atoms. The van der Waals surface area contributed by atoms with Gasteiger partial charge in [-0.1, -0.05) is 29.8 Å². The zero-order valence-electron chi connectivity index (χ0n) is 16.5. The number of halogens is 1. The average molecular weight is 370 g/mol. The molecule has 0 amide bonds. The Hall–Kier alpha value is -2.24. The van der Waals surface area contributed by atoms with E-state index in [-0.39, 0.29) is 5.82 Å². The van der Waals surface area contributed by atoms with Crippen LogP contribution in [0.3, 0.4) is 0 Å². The second kappa shape index (κ2) is 8.19. The van der Waals surface area contributed by atoms with Gasteiger partial charge in [-0.3, -0.25) is 0 Å². The number of nitrogens with zero attached hydrogens (tertiary/aromatic N) is 2. The SMILES string of the molecule is CCN(C)C=Nc1cc(F)c(C2(OCc3ccc(C)cc3)COC2)cc1C. The zero-order valence-corrected chi connectivity index (χ0v) is 16.5. The summed E-state index contributed by atoms with van der Waals surface area (Å²) in [5.41, 5.74) is 3.62. The Morgan fingerprint density at radius 2 is 1.93 bits per heavy atom. The van der Waals surface area contributed by atoms with Crippen molar-refractivity contribution in [2.45, 2.75) is 33.0 Å². The number of aliphatic imine (C=N–C) groups is 1. The lowest BCUT2D eigenvalue weighted by atomic mass is 9.89. The third-order valence-corrected chi connectivity index (χ3v) is 4.98. The minimum absolute atomic E-state index is 0.306. The highest BCUT2D eigenvalue weighted by Crippen LogP contribution is 2.38. The summed E-state index contributed by atoms with van der Waals surface area (Å²) >= 11 is 0. The highest BCUT2D eigenvalue weighted by atomic mass is 19.1. The first kappa shape index (κ1) is 19.5. The summed E-state index contributed by atoms with van der Waals surface area (Å²) in [4.78, 5) is 6.34. The highest BCUT2D eigenvalue weighted by molar-refractivity contribution is 5.63. The molecule has 0 atom stereocenters. The molecule has 0 radical (unpaired) electrons. The molecule has 5 heteroatoms. The summed E-state index contributed by atoms with van der Waals surface area (Å²) < 4.78 is 26.5. The maximum absolute atomic E-state index is 14.9. The predicted octanol–water partition coefficient (Wildman–Crippen LogP) is 4.50. The normalized spacial score (nSPS) is 15.7. The summed E-state index contributed by atoms with van der Waals surface area (Å²) in [5.74, 6) is -0.306. The van der Waals surface area contributed by atoms with E-state index in [4.69, 9.17) is 9.47 Å². The Bertz CT molecular complexity index is 814. The van der Waals surface area contributed by atoms with E-state index in [1.165, 1.54) is 11.6 Å². The number of hydrogen-bond acceptors (Lipinski definition) is 3. The Balaban J connectivity index is 1.81. The second-order valence-electron chi connectivity index (χ2n) is 7.20. The van der Waals surface area contributed by atoms with Gasteiger partial charge in [0.05, 0.1) is 31.8 Å². The maximum Gasteiger partial charge on any atom is 0.143 e. The minimum atomic E-state index is -0.734. The molecule has 1 fully saturated rings. The number of hydrogen-bond donors (Lipinski definition) is 0. The van der Waals surface area contributed by atoms with Crippen LogP contribution in [0.5, 0.6) is 0 Å². The van der Waals surface area contributed by atoms with Crippen molar-refractivity contribution in [3.63, 3.8) is 0 Å². The standard InChI is InChI=1S/C22H27FN2O2/c1-5-25(4)15-24-21-11-20(23)19(10-17(21)3)22(13-26-14-22)27-12-18-8-6-16(2)7-9-18/h6-11,15H,5,12-14H2,1-4H3. The van der Waals surface area contributed by atoms with E-state index in [2.05, 4.69) is 4.99 Å². The largest absolute Gasteiger partial charge is 0.375 e. The Morgan fingerprint density at radius 1 is 1.22 bits per heavy atom. The van der Waals surface area contributed by atoms with E-state index in [9.17, 15) is 4.39 Å². The quantitative estimate of drug-likeness (QED) is 0.532. The van der Waals surface area contributed by atoms with Gasteiger partial charge >= 0.3 is 0 Å². The molecular formula is C22H27FN2O2. The molecule has 0 N–H and O–H groups in total. The van der Waals surface area contributed by atoms with Crippen molar-refractivity contribution in [1.29, 1.82) is 0 Å². The van der Waals surface area contributed by atoms with E-state index < -0.39 is 5.60 Å². The first-order chi connectivity index (χ1) is 12.9. The van der Waals surface area contributed by atoms with Gasteiger partial charge in [-0.2, -0.15) is 0 Å². The number of aryl methyl sites for hydroxylation is 2. The molecule has 1 aliphatic rings. The van der Waals surface area contributed by atoms with Gasteiger partial charge in [0, 0.05) is 25.2 Å². The van der Waals surface area contributed by atoms with Gasteiger partial charge in [0.1, 0.15) is 11.4 Å². The first-order valence-corrected chi connectivity index (χ1v) is 9.26. The molecule has 3 rings (SSSR count). The summed E-state index contributed by atoms with van der Waals surface area (Å²) in [5, 5.41) is 0. The fourth-order valence-corrected chi connectivity index (χ4v) is 2.91. The van der Waals surface area contributed by atoms with Gasteiger partial charge in [-0.15, -0.1) is 0 Å². The van der Waals surface area contributed by atoms with E-state index >= 15 is 0 Å². The molecule has 1 heterocycles. The molecule has 27 heavy (non-hydrogen) atoms. The van der Waals surface area contributed by atoms with Crippen LogP contribution in [0, 0.1) is 19.7 Å². The van der Waals surface area contributed by atoms with E-state index in [1.54, 1.807) is 6.34 Å². The van der Waals surface area contributed by atoms with Crippen molar-refractivity contribution in [3.8, 4) is 0 Å². The van der Waals surface area contributed by atoms with Crippen LogP contribution < -0.4 is 0 Å². The lowest BCUT2D eigenvalue weighted by Crippen LogP contribution is -2.49. The molecule has 1 saturated heterocycles. The summed E-state index contributed by atoms with van der Waals surface area (Å²) in [7, 11) is 1.93. The van der Waals surface area contributed by atoms with Crippen LogP contribution in [0.1, 0.15) is 29.2 Å². The van der Waals surface area contributed by atoms with E-state index in [0.29, 0.717) is 31.1 Å². The molecule has 0 saturated carbocycles. The third-order valence-electron chi connectivity index (χ3n) is 4.98. The topological polar surface area (TPSA) is 34.1 Å². The molecule has 0 aliphatic carbocycles. The van der Waals surface area contributed by atoms with Crippen LogP contribution in [0.15, 0.2) is 41.4 Å². The van der Waals surface area contributed by atoms with Crippen LogP contribution in [0.4, 0.5) is 10.1 Å². The van der Waals surface area contributed by atoms with Crippen molar-refractivity contribution in [2.75, 3.05) is 26.8 Å². The molecular weight excluding hydrogens is 343 g/mol. The Kier molecular flexibility index (Phi) is 5.92. The van der Waals surface area contributed by atoms with Crippen molar-refractivity contribution in [3.05, 3.63) is 64.5 Å². The van der Waals surface area contributed by atoms with E-state index in [1.807, 2.05) is 63.1 Å². The van der Waals surface area contributed by atoms with Gasteiger partial charge in [0.15, 0.2) is 0 Å². The summed E-state index contributed by atoms with van der Waals surface area (Å²) in [6.45, 7) is 8.00. The van der Waals surface area contributed by atoms with Gasteiger partial charge in [-0.05, 0) is 38.0 Å². The fourth-order valence-electron chi connectivity index (χ4n) is 2.91. The molecule has 4 nitrogen and oxygen atoms in total. The van der Waals surface area contributed by atoms with Gasteiger partial charge < -0.3 is 14.4 Å². The Labute approximate surface area is 160 Å². The lowest BCUT2D eigenvalue weighted by Gasteiger charge is -2.42. The van der Waals surface area contributed by atoms with Gasteiger partial charge in [0.25, 0.3) is 0 Å². The summed E-state index contributed by atoms with van der Waals surface area (Å²) in [6.07, 6.45) is 1.72. The van der Waals surface area contributed by atoms with Crippen molar-refractivity contribution >= 4 is 12.0 Å². The van der Waals surface area contributed by atoms with Crippen LogP contribution in [-0.4, -0.2) is 38.0 Å². The highest BCUT2D eigenvalue weighted by Gasteiger charge is 2.44. The predicted molar refractivity (Wildman–Crippen MR) is 106 cm³/mol. The summed E-state index contributed by atoms with van der Waals surface area (Å²) in [6, 6.07) is 11.5.